The monoisotopic (exact) mass is 638 g/mol. The minimum Gasteiger partial charge on any atom is -0.505 e. The first kappa shape index (κ1) is 30.5. The number of aryl methyl sites for hydroxylation is 3. The molecule has 2 aromatic carbocycles. The highest BCUT2D eigenvalue weighted by Crippen LogP contribution is 2.46. The third-order valence-corrected chi connectivity index (χ3v) is 8.99. The molecule has 0 aliphatic carbocycles. The van der Waals surface area contributed by atoms with Gasteiger partial charge in [0.25, 0.3) is 5.78 Å². The van der Waals surface area contributed by atoms with Gasteiger partial charge in [-0.15, -0.1) is 0 Å². The number of carbonyl (C=O) groups is 3. The Kier molecular flexibility index (Phi) is 8.05. The van der Waals surface area contributed by atoms with Crippen LogP contribution in [0.2, 0.25) is 0 Å². The summed E-state index contributed by atoms with van der Waals surface area (Å²) in [4.78, 5) is 50.5. The molecule has 0 spiro atoms. The van der Waals surface area contributed by atoms with Gasteiger partial charge in [0.15, 0.2) is 22.4 Å². The number of thiazole rings is 1. The highest BCUT2D eigenvalue weighted by atomic mass is 32.1. The Morgan fingerprint density at radius 1 is 0.978 bits per heavy atom. The molecule has 11 nitrogen and oxygen atoms in total. The van der Waals surface area contributed by atoms with Gasteiger partial charge in [0.1, 0.15) is 22.8 Å². The molecule has 1 aliphatic heterocycles. The molecule has 1 N–H and O–H groups in total. The van der Waals surface area contributed by atoms with Gasteiger partial charge in [-0.25, -0.2) is 14.8 Å². The topological polar surface area (TPSA) is 133 Å². The summed E-state index contributed by atoms with van der Waals surface area (Å²) in [5, 5.41) is 11.9. The average molecular weight is 639 g/mol. The second-order valence-corrected chi connectivity index (χ2v) is 11.7. The predicted octanol–water partition coefficient (Wildman–Crippen LogP) is 5.72. The number of benzene rings is 2. The van der Waals surface area contributed by atoms with Gasteiger partial charge < -0.3 is 23.7 Å². The first-order valence-corrected chi connectivity index (χ1v) is 15.1. The van der Waals surface area contributed by atoms with Crippen LogP contribution in [0.3, 0.4) is 0 Å². The Bertz CT molecular complexity index is 2050. The zero-order chi connectivity index (χ0) is 32.7. The number of aliphatic hydroxyl groups excluding tert-OH is 1. The molecule has 1 atom stereocenters. The van der Waals surface area contributed by atoms with E-state index in [-0.39, 0.29) is 27.9 Å². The number of carbonyl (C=O) groups excluding carboxylic acids is 3. The zero-order valence-corrected chi connectivity index (χ0v) is 26.5. The van der Waals surface area contributed by atoms with E-state index >= 15 is 0 Å². The molecule has 46 heavy (non-hydrogen) atoms. The summed E-state index contributed by atoms with van der Waals surface area (Å²) in [7, 11) is 2.74. The fourth-order valence-corrected chi connectivity index (χ4v) is 6.51. The third-order valence-electron chi connectivity index (χ3n) is 7.86. The second-order valence-electron chi connectivity index (χ2n) is 10.7. The van der Waals surface area contributed by atoms with Gasteiger partial charge >= 0.3 is 11.9 Å². The summed E-state index contributed by atoms with van der Waals surface area (Å²) < 4.78 is 18.4. The molecule has 4 heterocycles. The molecular formula is C34H30N4O7S. The Labute approximate surface area is 268 Å². The van der Waals surface area contributed by atoms with E-state index in [0.717, 1.165) is 22.5 Å². The smallest absolute Gasteiger partial charge is 0.350 e. The Balaban J connectivity index is 1.52. The van der Waals surface area contributed by atoms with E-state index in [9.17, 15) is 19.5 Å². The number of ketones is 1. The summed E-state index contributed by atoms with van der Waals surface area (Å²) in [5.41, 5.74) is 3.77. The summed E-state index contributed by atoms with van der Waals surface area (Å²) >= 11 is 0.918. The second kappa shape index (κ2) is 12.1. The number of anilines is 1. The van der Waals surface area contributed by atoms with Crippen molar-refractivity contribution in [2.24, 2.45) is 0 Å². The van der Waals surface area contributed by atoms with Gasteiger partial charge in [-0.3, -0.25) is 14.5 Å². The maximum atomic E-state index is 13.8. The maximum Gasteiger partial charge on any atom is 0.350 e. The number of Topliss-reactive ketones (excluding diaryl/α,β-unsaturated/α-hetero) is 1. The standard InChI is InChI=1S/C34H30N4O7S/c1-18-10-9-15-37-20(3)26(36-31(18)37)28(39)25-27(38(32(41)29(25)40)34-35-19(2)30(46-34)33(42)44-5)22-13-14-23(24(16-22)43-4)45-17-21-11-7-6-8-12-21/h6-16,27,39H,17H2,1-5H3/b28-25+. The molecule has 234 valence electrons. The fourth-order valence-electron chi connectivity index (χ4n) is 5.50. The molecule has 5 aromatic rings. The lowest BCUT2D eigenvalue weighted by atomic mass is 9.96. The quantitative estimate of drug-likeness (QED) is 0.0981. The highest BCUT2D eigenvalue weighted by Gasteiger charge is 2.49. The van der Waals surface area contributed by atoms with Crippen LogP contribution in [0.15, 0.2) is 72.4 Å². The van der Waals surface area contributed by atoms with Crippen LogP contribution in [-0.2, 0) is 20.9 Å². The average Bonchev–Trinajstić information content (AvgIpc) is 3.71. The van der Waals surface area contributed by atoms with E-state index in [2.05, 4.69) is 9.97 Å². The molecule has 12 heteroatoms. The van der Waals surface area contributed by atoms with Gasteiger partial charge in [-0.05, 0) is 55.7 Å². The van der Waals surface area contributed by atoms with Crippen molar-refractivity contribution in [1.82, 2.24) is 14.4 Å². The van der Waals surface area contributed by atoms with Gasteiger partial charge in [-0.1, -0.05) is 53.8 Å². The lowest BCUT2D eigenvalue weighted by Gasteiger charge is -2.24. The van der Waals surface area contributed by atoms with E-state index < -0.39 is 29.5 Å². The molecule has 3 aromatic heterocycles. The number of aliphatic hydroxyl groups is 1. The van der Waals surface area contributed by atoms with Crippen molar-refractivity contribution in [2.75, 3.05) is 19.1 Å². The molecular weight excluding hydrogens is 608 g/mol. The number of hydrogen-bond acceptors (Lipinski definition) is 10. The van der Waals surface area contributed by atoms with Crippen LogP contribution in [0.4, 0.5) is 5.13 Å². The predicted molar refractivity (Wildman–Crippen MR) is 171 cm³/mol. The van der Waals surface area contributed by atoms with Gasteiger partial charge in [0.2, 0.25) is 0 Å². The van der Waals surface area contributed by atoms with Gasteiger partial charge in [-0.2, -0.15) is 0 Å². The normalized spacial score (nSPS) is 15.8. The lowest BCUT2D eigenvalue weighted by Crippen LogP contribution is -2.29. The first-order chi connectivity index (χ1) is 22.1. The fraction of sp³-hybridized carbons (Fsp3) is 0.206. The van der Waals surface area contributed by atoms with Crippen molar-refractivity contribution in [3.05, 3.63) is 111 Å². The minimum absolute atomic E-state index is 0.0926. The number of nitrogens with zero attached hydrogens (tertiary/aromatic N) is 4. The summed E-state index contributed by atoms with van der Waals surface area (Å²) in [6, 6.07) is 17.3. The number of imidazole rings is 1. The molecule has 0 radical (unpaired) electrons. The maximum absolute atomic E-state index is 13.8. The van der Waals surface area contributed by atoms with Crippen LogP contribution >= 0.6 is 11.3 Å². The van der Waals surface area contributed by atoms with Crippen LogP contribution in [0.25, 0.3) is 11.4 Å². The van der Waals surface area contributed by atoms with Crippen molar-refractivity contribution in [1.29, 1.82) is 0 Å². The van der Waals surface area contributed by atoms with Crippen LogP contribution < -0.4 is 14.4 Å². The number of esters is 1. The van der Waals surface area contributed by atoms with Crippen molar-refractivity contribution >= 4 is 45.5 Å². The molecule has 0 saturated carbocycles. The number of hydrogen-bond donors (Lipinski definition) is 1. The minimum atomic E-state index is -1.14. The molecule has 1 fully saturated rings. The largest absolute Gasteiger partial charge is 0.505 e. The van der Waals surface area contributed by atoms with Crippen molar-refractivity contribution in [2.45, 2.75) is 33.4 Å². The van der Waals surface area contributed by atoms with E-state index in [4.69, 9.17) is 14.2 Å². The van der Waals surface area contributed by atoms with Crippen molar-refractivity contribution in [3.63, 3.8) is 0 Å². The Morgan fingerprint density at radius 2 is 1.74 bits per heavy atom. The molecule has 1 unspecified atom stereocenters. The van der Waals surface area contributed by atoms with Crippen LogP contribution in [0, 0.1) is 20.8 Å². The third kappa shape index (κ3) is 5.16. The number of aromatic nitrogens is 3. The van der Waals surface area contributed by atoms with E-state index in [0.29, 0.717) is 34.1 Å². The van der Waals surface area contributed by atoms with Crippen LogP contribution in [0.1, 0.15) is 49.5 Å². The summed E-state index contributed by atoms with van der Waals surface area (Å²) in [6.45, 7) is 5.56. The number of rotatable bonds is 8. The Morgan fingerprint density at radius 3 is 2.43 bits per heavy atom. The van der Waals surface area contributed by atoms with E-state index in [1.165, 1.54) is 19.1 Å². The number of pyridine rings is 1. The number of ether oxygens (including phenoxy) is 3. The van der Waals surface area contributed by atoms with Crippen LogP contribution in [-0.4, -0.2) is 51.4 Å². The van der Waals surface area contributed by atoms with E-state index in [1.54, 1.807) is 32.0 Å². The van der Waals surface area contributed by atoms with Crippen LogP contribution in [0.5, 0.6) is 11.5 Å². The van der Waals surface area contributed by atoms with Crippen molar-refractivity contribution < 1.29 is 33.7 Å². The molecule has 1 saturated heterocycles. The van der Waals surface area contributed by atoms with Gasteiger partial charge in [0, 0.05) is 6.20 Å². The first-order valence-electron chi connectivity index (χ1n) is 14.3. The summed E-state index contributed by atoms with van der Waals surface area (Å²) in [5.74, 6) is -2.10. The highest BCUT2D eigenvalue weighted by molar-refractivity contribution is 7.17. The molecule has 1 aliphatic rings. The summed E-state index contributed by atoms with van der Waals surface area (Å²) in [6.07, 6.45) is 1.81. The van der Waals surface area contributed by atoms with Gasteiger partial charge in [0.05, 0.1) is 37.2 Å². The van der Waals surface area contributed by atoms with Crippen molar-refractivity contribution in [3.8, 4) is 11.5 Å². The molecule has 0 bridgehead atoms. The Hall–Kier alpha value is -5.49. The number of amides is 1. The SMILES string of the molecule is COC(=O)c1sc(N2C(=O)C(=O)/C(=C(/O)c3nc4c(C)cccn4c3C)C2c2ccc(OCc3ccccc3)c(OC)c2)nc1C. The van der Waals surface area contributed by atoms with E-state index in [1.807, 2.05) is 60.0 Å². The lowest BCUT2D eigenvalue weighted by molar-refractivity contribution is -0.132. The number of methoxy groups -OCH3 is 2. The molecule has 6 rings (SSSR count). The zero-order valence-electron chi connectivity index (χ0n) is 25.7. The number of fused-ring (bicyclic) bond motifs is 1. The molecule has 1 amide bonds.